The smallest absolute Gasteiger partial charge is 0.160 e. The first-order valence-electron chi connectivity index (χ1n) is 18.5. The Morgan fingerprint density at radius 3 is 1.58 bits per heavy atom. The summed E-state index contributed by atoms with van der Waals surface area (Å²) in [6.07, 6.45) is 0. The van der Waals surface area contributed by atoms with Crippen LogP contribution in [0.2, 0.25) is 0 Å². The minimum Gasteiger partial charge on any atom is -0.232 e. The summed E-state index contributed by atoms with van der Waals surface area (Å²) in [5.41, 5.74) is 13.4. The molecule has 258 valence electrons. The molecular formula is C51H34N4. The summed E-state index contributed by atoms with van der Waals surface area (Å²) in [7, 11) is 0. The summed E-state index contributed by atoms with van der Waals surface area (Å²) in [5, 5.41) is 8.73. The van der Waals surface area contributed by atoms with Crippen LogP contribution in [-0.4, -0.2) is 19.7 Å². The Labute approximate surface area is 319 Å². The molecule has 0 N–H and O–H groups in total. The highest BCUT2D eigenvalue weighted by Crippen LogP contribution is 2.43. The molecule has 10 rings (SSSR count). The maximum absolute atomic E-state index is 5.40. The predicted molar refractivity (Wildman–Crippen MR) is 227 cm³/mol. The molecule has 0 unspecified atom stereocenters. The van der Waals surface area contributed by atoms with Crippen molar-refractivity contribution >= 4 is 21.7 Å². The number of hydrogen-bond acceptors (Lipinski definition) is 3. The van der Waals surface area contributed by atoms with Crippen molar-refractivity contribution in [3.63, 3.8) is 0 Å². The van der Waals surface area contributed by atoms with Gasteiger partial charge in [0.15, 0.2) is 5.82 Å². The van der Waals surface area contributed by atoms with Crippen molar-refractivity contribution in [3.05, 3.63) is 206 Å². The summed E-state index contributed by atoms with van der Waals surface area (Å²) in [6.45, 7) is 0. The van der Waals surface area contributed by atoms with Crippen LogP contribution in [0.5, 0.6) is 0 Å². The van der Waals surface area contributed by atoms with Crippen molar-refractivity contribution in [2.45, 2.75) is 0 Å². The van der Waals surface area contributed by atoms with Gasteiger partial charge < -0.3 is 0 Å². The molecule has 0 spiro atoms. The maximum atomic E-state index is 5.40. The predicted octanol–water partition coefficient (Wildman–Crippen LogP) is 13.0. The average molecular weight is 703 g/mol. The van der Waals surface area contributed by atoms with Gasteiger partial charge in [0.05, 0.1) is 22.6 Å². The van der Waals surface area contributed by atoms with E-state index in [0.29, 0.717) is 5.82 Å². The van der Waals surface area contributed by atoms with Gasteiger partial charge in [0.2, 0.25) is 0 Å². The lowest BCUT2D eigenvalue weighted by Gasteiger charge is -2.14. The molecule has 0 amide bonds. The highest BCUT2D eigenvalue weighted by molar-refractivity contribution is 6.17. The van der Waals surface area contributed by atoms with E-state index in [9.17, 15) is 0 Å². The van der Waals surface area contributed by atoms with Crippen LogP contribution >= 0.6 is 0 Å². The van der Waals surface area contributed by atoms with Crippen LogP contribution in [0.1, 0.15) is 0 Å². The number of hydrogen-bond donors (Lipinski definition) is 0. The molecule has 55 heavy (non-hydrogen) atoms. The third kappa shape index (κ3) is 6.06. The van der Waals surface area contributed by atoms with Crippen LogP contribution in [0.3, 0.4) is 0 Å². The second kappa shape index (κ2) is 13.8. The lowest BCUT2D eigenvalue weighted by molar-refractivity contribution is 0.918. The molecule has 0 saturated heterocycles. The lowest BCUT2D eigenvalue weighted by atomic mass is 9.92. The highest BCUT2D eigenvalue weighted by atomic mass is 15.3. The van der Waals surface area contributed by atoms with Crippen LogP contribution in [0.25, 0.3) is 94.8 Å². The lowest BCUT2D eigenvalue weighted by Crippen LogP contribution is -1.98. The zero-order chi connectivity index (χ0) is 36.6. The number of fused-ring (bicyclic) bond motifs is 3. The molecule has 0 radical (unpaired) electrons. The van der Waals surface area contributed by atoms with Crippen molar-refractivity contribution in [2.24, 2.45) is 0 Å². The van der Waals surface area contributed by atoms with Gasteiger partial charge in [-0.25, -0.2) is 14.6 Å². The molecule has 10 aromatic rings. The van der Waals surface area contributed by atoms with Crippen molar-refractivity contribution < 1.29 is 0 Å². The fraction of sp³-hybridized carbons (Fsp3) is 0. The molecular weight excluding hydrogens is 669 g/mol. The fourth-order valence-electron chi connectivity index (χ4n) is 7.55. The average Bonchev–Trinajstić information content (AvgIpc) is 3.69. The van der Waals surface area contributed by atoms with Gasteiger partial charge in [0.1, 0.15) is 5.69 Å². The molecule has 0 aliphatic rings. The van der Waals surface area contributed by atoms with E-state index in [-0.39, 0.29) is 0 Å². The van der Waals surface area contributed by atoms with E-state index in [1.807, 2.05) is 18.2 Å². The SMILES string of the molecule is c1ccc(-c2cccc(-c3nc(-c4ccccc4)cc(-c4ccc5cc(-c6ccccc6)c6c(-c7ccccc7)nn(-c7ccccc7)c6c5c4)n3)c2)cc1. The highest BCUT2D eigenvalue weighted by Gasteiger charge is 2.22. The Morgan fingerprint density at radius 1 is 0.364 bits per heavy atom. The van der Waals surface area contributed by atoms with Gasteiger partial charge >= 0.3 is 0 Å². The summed E-state index contributed by atoms with van der Waals surface area (Å²) in [4.78, 5) is 10.4. The van der Waals surface area contributed by atoms with E-state index in [1.165, 1.54) is 0 Å². The number of benzene rings is 8. The van der Waals surface area contributed by atoms with Crippen LogP contribution in [0, 0.1) is 0 Å². The Balaban J connectivity index is 1.24. The van der Waals surface area contributed by atoms with E-state index in [4.69, 9.17) is 15.1 Å². The van der Waals surface area contributed by atoms with Gasteiger partial charge in [-0.15, -0.1) is 0 Å². The minimum absolute atomic E-state index is 0.680. The van der Waals surface area contributed by atoms with E-state index < -0.39 is 0 Å². The van der Waals surface area contributed by atoms with Crippen molar-refractivity contribution in [3.8, 4) is 73.1 Å². The van der Waals surface area contributed by atoms with Gasteiger partial charge in [-0.1, -0.05) is 170 Å². The van der Waals surface area contributed by atoms with E-state index in [0.717, 1.165) is 89.0 Å². The van der Waals surface area contributed by atoms with Crippen molar-refractivity contribution in [2.75, 3.05) is 0 Å². The fourth-order valence-corrected chi connectivity index (χ4v) is 7.55. The van der Waals surface area contributed by atoms with Gasteiger partial charge in [0.25, 0.3) is 0 Å². The van der Waals surface area contributed by atoms with Crippen LogP contribution < -0.4 is 0 Å². The molecule has 2 heterocycles. The second-order valence-electron chi connectivity index (χ2n) is 13.7. The monoisotopic (exact) mass is 702 g/mol. The van der Waals surface area contributed by atoms with Gasteiger partial charge in [-0.2, -0.15) is 5.10 Å². The third-order valence-corrected chi connectivity index (χ3v) is 10.2. The number of aromatic nitrogens is 4. The maximum Gasteiger partial charge on any atom is 0.160 e. The van der Waals surface area contributed by atoms with Crippen LogP contribution in [0.4, 0.5) is 0 Å². The molecule has 8 aromatic carbocycles. The first-order chi connectivity index (χ1) is 27.3. The molecule has 4 nitrogen and oxygen atoms in total. The summed E-state index contributed by atoms with van der Waals surface area (Å²) < 4.78 is 2.12. The Kier molecular flexibility index (Phi) is 8.12. The molecule has 0 saturated carbocycles. The molecule has 4 heteroatoms. The molecule has 0 atom stereocenters. The van der Waals surface area contributed by atoms with E-state index in [1.54, 1.807) is 0 Å². The summed E-state index contributed by atoms with van der Waals surface area (Å²) >= 11 is 0. The Bertz CT molecular complexity index is 2940. The number of para-hydroxylation sites is 1. The Morgan fingerprint density at radius 2 is 0.909 bits per heavy atom. The van der Waals surface area contributed by atoms with Crippen LogP contribution in [-0.2, 0) is 0 Å². The van der Waals surface area contributed by atoms with Crippen LogP contribution in [0.15, 0.2) is 206 Å². The number of rotatable bonds is 7. The Hall–Kier alpha value is -7.43. The summed E-state index contributed by atoms with van der Waals surface area (Å²) in [5.74, 6) is 0.680. The topological polar surface area (TPSA) is 43.6 Å². The molecule has 2 aromatic heterocycles. The van der Waals surface area contributed by atoms with E-state index >= 15 is 0 Å². The van der Waals surface area contributed by atoms with Gasteiger partial charge in [-0.05, 0) is 64.0 Å². The normalized spacial score (nSPS) is 11.3. The standard InChI is InChI=1S/C51H34N4/c1-6-17-35(18-7-1)39-25-16-26-42(31-39)51-52-46(37-21-10-3-11-22-37)34-47(53-51)41-30-29-40-32-44(36-19-8-2-9-20-36)48-49(38-23-12-4-13-24-38)54-55(50(48)45(40)33-41)43-27-14-5-15-28-43/h1-34H. The van der Waals surface area contributed by atoms with Crippen molar-refractivity contribution in [1.82, 2.24) is 19.7 Å². The number of nitrogens with zero attached hydrogens (tertiary/aromatic N) is 4. The minimum atomic E-state index is 0.680. The first kappa shape index (κ1) is 32.2. The second-order valence-corrected chi connectivity index (χ2v) is 13.7. The molecule has 0 aliphatic carbocycles. The first-order valence-corrected chi connectivity index (χ1v) is 18.5. The largest absolute Gasteiger partial charge is 0.232 e. The van der Waals surface area contributed by atoms with Gasteiger partial charge in [0, 0.05) is 33.0 Å². The van der Waals surface area contributed by atoms with E-state index in [2.05, 4.69) is 193 Å². The molecule has 0 fully saturated rings. The molecule has 0 bridgehead atoms. The zero-order valence-corrected chi connectivity index (χ0v) is 29.9. The quantitative estimate of drug-likeness (QED) is 0.166. The van der Waals surface area contributed by atoms with Crippen molar-refractivity contribution in [1.29, 1.82) is 0 Å². The third-order valence-electron chi connectivity index (χ3n) is 10.2. The summed E-state index contributed by atoms with van der Waals surface area (Å²) in [6, 6.07) is 72.0. The zero-order valence-electron chi connectivity index (χ0n) is 29.9. The molecule has 0 aliphatic heterocycles. The van der Waals surface area contributed by atoms with Gasteiger partial charge in [-0.3, -0.25) is 0 Å².